The maximum absolute atomic E-state index is 14.9. The Balaban J connectivity index is 1.27. The van der Waals surface area contributed by atoms with Crippen LogP contribution >= 0.6 is 35.0 Å². The number of nitrogens with one attached hydrogen (secondary N) is 1. The summed E-state index contributed by atoms with van der Waals surface area (Å²) in [6.45, 7) is 7.71. The Kier molecular flexibility index (Phi) is 7.54. The number of hydrogen-bond acceptors (Lipinski definition) is 8. The van der Waals surface area contributed by atoms with E-state index in [1.165, 1.54) is 28.8 Å². The maximum Gasteiger partial charge on any atom is 0.269 e. The van der Waals surface area contributed by atoms with Gasteiger partial charge in [-0.1, -0.05) is 49.2 Å². The van der Waals surface area contributed by atoms with Gasteiger partial charge in [0.25, 0.3) is 5.91 Å². The van der Waals surface area contributed by atoms with Crippen molar-refractivity contribution < 1.29 is 18.8 Å². The Morgan fingerprint density at radius 2 is 1.96 bits per heavy atom. The van der Waals surface area contributed by atoms with Crippen LogP contribution in [-0.2, 0) is 19.9 Å². The number of piperazine rings is 1. The molecule has 1 aromatic heterocycles. The molecule has 3 amide bonds. The summed E-state index contributed by atoms with van der Waals surface area (Å²) >= 11 is 13.4. The smallest absolute Gasteiger partial charge is 0.269 e. The van der Waals surface area contributed by atoms with Crippen molar-refractivity contribution >= 4 is 57.9 Å². The molecule has 1 spiro atoms. The Bertz CT molecular complexity index is 1680. The Labute approximate surface area is 275 Å². The molecule has 1 N–H and O–H groups in total. The molecule has 0 bridgehead atoms. The van der Waals surface area contributed by atoms with E-state index in [1.54, 1.807) is 18.3 Å². The second-order valence-corrected chi connectivity index (χ2v) is 14.7. The Morgan fingerprint density at radius 1 is 1.18 bits per heavy atom. The number of hydrogen-bond donors (Lipinski definition) is 1. The van der Waals surface area contributed by atoms with Crippen LogP contribution in [0.25, 0.3) is 0 Å². The number of fused-ring (bicyclic) bond motifs is 1. The SMILES string of the molecule is CC(C)C1=C(C(=O)N2C(=O)CC[C@H]2C(=O)N2CCNC3(CC3)C2)SC2=N[C@@](C)(c3ccc(Cl)nc3)[C@@H](c3ccc(Cl)c(F)c3)N21. The lowest BCUT2D eigenvalue weighted by atomic mass is 9.81. The molecule has 13 heteroatoms. The molecule has 5 aliphatic rings. The van der Waals surface area contributed by atoms with Gasteiger partial charge < -0.3 is 15.1 Å². The lowest BCUT2D eigenvalue weighted by Gasteiger charge is -2.37. The molecular formula is C32H33Cl2FN6O3S. The fraction of sp³-hybridized carbons (Fsp3) is 0.469. The molecule has 1 aromatic carbocycles. The highest BCUT2D eigenvalue weighted by Gasteiger charge is 2.55. The summed E-state index contributed by atoms with van der Waals surface area (Å²) in [5.74, 6) is -1.76. The largest absolute Gasteiger partial charge is 0.338 e. The number of aliphatic imine (C=N–C) groups is 1. The van der Waals surface area contributed by atoms with E-state index in [1.807, 2.05) is 36.6 Å². The van der Waals surface area contributed by atoms with Crippen LogP contribution in [0.4, 0.5) is 4.39 Å². The monoisotopic (exact) mass is 670 g/mol. The number of allylic oxidation sites excluding steroid dienone is 1. The first kappa shape index (κ1) is 30.7. The van der Waals surface area contributed by atoms with E-state index in [2.05, 4.69) is 10.3 Å². The molecule has 3 fully saturated rings. The number of halogens is 3. The van der Waals surface area contributed by atoms with Gasteiger partial charge in [0.05, 0.1) is 11.1 Å². The molecule has 2 saturated heterocycles. The summed E-state index contributed by atoms with van der Waals surface area (Å²) in [7, 11) is 0. The van der Waals surface area contributed by atoms with E-state index < -0.39 is 29.3 Å². The fourth-order valence-electron chi connectivity index (χ4n) is 7.11. The predicted octanol–water partition coefficient (Wildman–Crippen LogP) is 5.25. The zero-order valence-electron chi connectivity index (χ0n) is 25.1. The Hall–Kier alpha value is -2.99. The average molecular weight is 672 g/mol. The van der Waals surface area contributed by atoms with Crippen LogP contribution in [0.2, 0.25) is 10.2 Å². The lowest BCUT2D eigenvalue weighted by Crippen LogP contribution is -2.58. The van der Waals surface area contributed by atoms with Crippen molar-refractivity contribution in [3.8, 4) is 0 Å². The van der Waals surface area contributed by atoms with Crippen molar-refractivity contribution in [1.29, 1.82) is 0 Å². The molecule has 5 heterocycles. The van der Waals surface area contributed by atoms with Crippen LogP contribution in [0.1, 0.15) is 63.6 Å². The maximum atomic E-state index is 14.9. The van der Waals surface area contributed by atoms with Gasteiger partial charge in [-0.3, -0.25) is 19.3 Å². The Morgan fingerprint density at radius 3 is 2.62 bits per heavy atom. The minimum Gasteiger partial charge on any atom is -0.338 e. The van der Waals surface area contributed by atoms with Crippen LogP contribution in [0.3, 0.4) is 0 Å². The fourth-order valence-corrected chi connectivity index (χ4v) is 8.69. The number of rotatable bonds is 5. The molecule has 0 radical (unpaired) electrons. The third kappa shape index (κ3) is 5.06. The van der Waals surface area contributed by atoms with Gasteiger partial charge in [-0.15, -0.1) is 0 Å². The molecule has 2 aromatic rings. The van der Waals surface area contributed by atoms with Crippen LogP contribution in [-0.4, -0.2) is 73.8 Å². The van der Waals surface area contributed by atoms with Crippen molar-refractivity contribution in [2.45, 2.75) is 69.6 Å². The normalized spacial score (nSPS) is 27.1. The van der Waals surface area contributed by atoms with Gasteiger partial charge in [-0.2, -0.15) is 0 Å². The standard InChI is InChI=1S/C32H33Cl2FN6O3S/c1-17(2)25-26(29(44)40-22(7-9-24(40)42)28(43)39-13-12-37-32(16-39)10-11-32)45-30-38-31(3,19-5-8-23(34)36-15-19)27(41(25)30)18-4-6-20(33)21(35)14-18/h4-6,8,14-15,17,22,27,37H,7,9-13,16H2,1-3H3/t22-,27+,31-/m0/s1. The summed E-state index contributed by atoms with van der Waals surface area (Å²) in [6, 6.07) is 6.79. The number of nitrogens with zero attached hydrogens (tertiary/aromatic N) is 5. The number of imide groups is 1. The van der Waals surface area contributed by atoms with E-state index in [0.29, 0.717) is 52.5 Å². The first-order valence-electron chi connectivity index (χ1n) is 15.2. The number of amides is 3. The van der Waals surface area contributed by atoms with Gasteiger partial charge in [0.2, 0.25) is 11.8 Å². The summed E-state index contributed by atoms with van der Waals surface area (Å²) in [5, 5.41) is 4.39. The first-order valence-corrected chi connectivity index (χ1v) is 16.8. The molecule has 9 nitrogen and oxygen atoms in total. The van der Waals surface area contributed by atoms with Gasteiger partial charge in [-0.05, 0) is 67.6 Å². The minimum atomic E-state index is -0.933. The highest BCUT2D eigenvalue weighted by Crippen LogP contribution is 2.56. The third-order valence-corrected chi connectivity index (χ3v) is 11.2. The van der Waals surface area contributed by atoms with Gasteiger partial charge >= 0.3 is 0 Å². The first-order chi connectivity index (χ1) is 21.4. The predicted molar refractivity (Wildman–Crippen MR) is 171 cm³/mol. The second-order valence-electron chi connectivity index (χ2n) is 12.9. The summed E-state index contributed by atoms with van der Waals surface area (Å²) in [4.78, 5) is 56.2. The van der Waals surface area contributed by atoms with Crippen molar-refractivity contribution in [2.24, 2.45) is 10.9 Å². The number of aromatic nitrogens is 1. The van der Waals surface area contributed by atoms with Crippen LogP contribution in [0.15, 0.2) is 52.1 Å². The number of amidine groups is 1. The van der Waals surface area contributed by atoms with E-state index >= 15 is 0 Å². The zero-order chi connectivity index (χ0) is 31.8. The second kappa shape index (κ2) is 11.1. The number of pyridine rings is 1. The summed E-state index contributed by atoms with van der Waals surface area (Å²) in [6.07, 6.45) is 4.13. The molecule has 3 atom stereocenters. The molecule has 4 aliphatic heterocycles. The number of benzene rings is 1. The molecule has 1 aliphatic carbocycles. The molecule has 7 rings (SSSR count). The number of carbonyl (C=O) groups is 3. The van der Waals surface area contributed by atoms with Gasteiger partial charge in [-0.25, -0.2) is 14.4 Å². The van der Waals surface area contributed by atoms with Gasteiger partial charge in [0, 0.05) is 49.1 Å². The topological polar surface area (TPSA) is 98.2 Å². The van der Waals surface area contributed by atoms with Crippen LogP contribution in [0.5, 0.6) is 0 Å². The van der Waals surface area contributed by atoms with Crippen molar-refractivity contribution in [2.75, 3.05) is 19.6 Å². The number of likely N-dealkylation sites (tertiary alicyclic amines) is 1. The van der Waals surface area contributed by atoms with Gasteiger partial charge in [0.1, 0.15) is 27.5 Å². The average Bonchev–Trinajstić information content (AvgIpc) is 3.33. The van der Waals surface area contributed by atoms with Crippen LogP contribution < -0.4 is 5.32 Å². The number of carbonyl (C=O) groups excluding carboxylic acids is 3. The van der Waals surface area contributed by atoms with Gasteiger partial charge in [0.15, 0.2) is 5.17 Å². The molecule has 236 valence electrons. The van der Waals surface area contributed by atoms with E-state index in [0.717, 1.165) is 18.4 Å². The van der Waals surface area contributed by atoms with E-state index in [9.17, 15) is 18.8 Å². The molecule has 1 saturated carbocycles. The third-order valence-electron chi connectivity index (χ3n) is 9.58. The van der Waals surface area contributed by atoms with E-state index in [-0.39, 0.29) is 34.7 Å². The van der Waals surface area contributed by atoms with Crippen molar-refractivity contribution in [3.63, 3.8) is 0 Å². The zero-order valence-corrected chi connectivity index (χ0v) is 27.5. The minimum absolute atomic E-state index is 0.000567. The summed E-state index contributed by atoms with van der Waals surface area (Å²) < 4.78 is 14.9. The summed E-state index contributed by atoms with van der Waals surface area (Å²) in [5.41, 5.74) is 1.08. The molecular weight excluding hydrogens is 638 g/mol. The number of thioether (sulfide) groups is 1. The molecule has 45 heavy (non-hydrogen) atoms. The van der Waals surface area contributed by atoms with Crippen LogP contribution in [0, 0.1) is 11.7 Å². The van der Waals surface area contributed by atoms with Crippen molar-refractivity contribution in [1.82, 2.24) is 25.0 Å². The van der Waals surface area contributed by atoms with E-state index in [4.69, 9.17) is 28.2 Å². The quantitative estimate of drug-likeness (QED) is 0.343. The lowest BCUT2D eigenvalue weighted by molar-refractivity contribution is -0.149. The highest BCUT2D eigenvalue weighted by molar-refractivity contribution is 8.18. The van der Waals surface area contributed by atoms with Crippen molar-refractivity contribution in [3.05, 3.63) is 74.3 Å². The highest BCUT2D eigenvalue weighted by atomic mass is 35.5. The molecule has 0 unspecified atom stereocenters.